The first kappa shape index (κ1) is 18.4. The molecule has 0 saturated heterocycles. The van der Waals surface area contributed by atoms with Gasteiger partial charge in [0.15, 0.2) is 9.84 Å². The summed E-state index contributed by atoms with van der Waals surface area (Å²) in [6.45, 7) is 3.72. The average Bonchev–Trinajstić information content (AvgIpc) is 2.79. The van der Waals surface area contributed by atoms with Crippen molar-refractivity contribution in [3.8, 4) is 0 Å². The van der Waals surface area contributed by atoms with Crippen molar-refractivity contribution in [2.45, 2.75) is 33.2 Å². The summed E-state index contributed by atoms with van der Waals surface area (Å²) in [5.41, 5.74) is 4.44. The molecule has 138 valence electrons. The SMILES string of the molecule is Cc1ccc2c(n1)c(CC1C=CC(S(C)(=O)=O)=CC1)c(C)n2CC(=O)O. The fourth-order valence-corrected chi connectivity index (χ4v) is 4.15. The number of pyridine rings is 1. The van der Waals surface area contributed by atoms with Gasteiger partial charge in [0.1, 0.15) is 6.54 Å². The first-order valence-electron chi connectivity index (χ1n) is 8.42. The molecule has 2 aromatic heterocycles. The van der Waals surface area contributed by atoms with E-state index in [1.807, 2.05) is 32.1 Å². The maximum atomic E-state index is 11.6. The van der Waals surface area contributed by atoms with E-state index in [2.05, 4.69) is 4.98 Å². The number of aliphatic carboxylic acids is 1. The normalized spacial score (nSPS) is 17.5. The molecule has 1 atom stereocenters. The quantitative estimate of drug-likeness (QED) is 0.869. The standard InChI is InChI=1S/C19H22N2O4S/c1-12-4-9-17-19(20-12)16(13(2)21(17)11-18(22)23)10-14-5-7-15(8-6-14)26(3,24)25/h4-5,7-9,14H,6,10-11H2,1-3H3,(H,22,23). The Balaban J connectivity index is 1.97. The van der Waals surface area contributed by atoms with Crippen molar-refractivity contribution in [3.05, 3.63) is 52.2 Å². The zero-order chi connectivity index (χ0) is 19.1. The van der Waals surface area contributed by atoms with E-state index in [0.29, 0.717) is 17.7 Å². The maximum absolute atomic E-state index is 11.6. The lowest BCUT2D eigenvalue weighted by atomic mass is 9.92. The number of allylic oxidation sites excluding steroid dienone is 3. The van der Waals surface area contributed by atoms with E-state index < -0.39 is 15.8 Å². The van der Waals surface area contributed by atoms with Gasteiger partial charge in [0.2, 0.25) is 0 Å². The van der Waals surface area contributed by atoms with Gasteiger partial charge in [-0.05, 0) is 56.4 Å². The van der Waals surface area contributed by atoms with Gasteiger partial charge in [0, 0.05) is 17.6 Å². The molecule has 0 spiro atoms. The van der Waals surface area contributed by atoms with Crippen LogP contribution in [0.1, 0.15) is 23.4 Å². The third-order valence-corrected chi connectivity index (χ3v) is 5.93. The zero-order valence-electron chi connectivity index (χ0n) is 15.1. The molecule has 1 aliphatic carbocycles. The van der Waals surface area contributed by atoms with Gasteiger partial charge in [-0.25, -0.2) is 8.42 Å². The van der Waals surface area contributed by atoms with Crippen molar-refractivity contribution in [2.75, 3.05) is 6.26 Å². The van der Waals surface area contributed by atoms with E-state index in [9.17, 15) is 18.3 Å². The summed E-state index contributed by atoms with van der Waals surface area (Å²) in [4.78, 5) is 16.2. The van der Waals surface area contributed by atoms with Crippen LogP contribution in [0.5, 0.6) is 0 Å². The average molecular weight is 374 g/mol. The van der Waals surface area contributed by atoms with Crippen LogP contribution in [0, 0.1) is 19.8 Å². The Morgan fingerprint density at radius 2 is 2.08 bits per heavy atom. The molecule has 1 unspecified atom stereocenters. The highest BCUT2D eigenvalue weighted by Gasteiger charge is 2.21. The monoisotopic (exact) mass is 374 g/mol. The number of aryl methyl sites for hydroxylation is 1. The molecule has 0 bridgehead atoms. The summed E-state index contributed by atoms with van der Waals surface area (Å²) in [6.07, 6.45) is 7.87. The molecule has 2 heterocycles. The number of sulfone groups is 1. The summed E-state index contributed by atoms with van der Waals surface area (Å²) < 4.78 is 25.1. The van der Waals surface area contributed by atoms with Crippen molar-refractivity contribution >= 4 is 26.8 Å². The fourth-order valence-electron chi connectivity index (χ4n) is 3.42. The van der Waals surface area contributed by atoms with Gasteiger partial charge in [-0.3, -0.25) is 9.78 Å². The Hall–Kier alpha value is -2.41. The molecule has 1 N–H and O–H groups in total. The summed E-state index contributed by atoms with van der Waals surface area (Å²) in [5.74, 6) is -0.735. The van der Waals surface area contributed by atoms with E-state index in [1.54, 1.807) is 16.7 Å². The molecule has 1 aliphatic rings. The molecule has 7 heteroatoms. The number of fused-ring (bicyclic) bond motifs is 1. The number of rotatable bonds is 5. The summed E-state index contributed by atoms with van der Waals surface area (Å²) >= 11 is 0. The van der Waals surface area contributed by atoms with Crippen LogP contribution >= 0.6 is 0 Å². The molecule has 0 fully saturated rings. The van der Waals surface area contributed by atoms with Crippen LogP contribution in [-0.4, -0.2) is 35.3 Å². The largest absolute Gasteiger partial charge is 0.480 e. The fraction of sp³-hybridized carbons (Fsp3) is 0.368. The van der Waals surface area contributed by atoms with Crippen molar-refractivity contribution in [2.24, 2.45) is 5.92 Å². The van der Waals surface area contributed by atoms with Gasteiger partial charge in [-0.15, -0.1) is 0 Å². The highest BCUT2D eigenvalue weighted by atomic mass is 32.2. The Labute approximate surface area is 152 Å². The van der Waals surface area contributed by atoms with Crippen molar-refractivity contribution in [3.63, 3.8) is 0 Å². The van der Waals surface area contributed by atoms with Crippen molar-refractivity contribution in [1.29, 1.82) is 0 Å². The van der Waals surface area contributed by atoms with Crippen LogP contribution in [0.2, 0.25) is 0 Å². The highest BCUT2D eigenvalue weighted by molar-refractivity contribution is 7.94. The molecular weight excluding hydrogens is 352 g/mol. The van der Waals surface area contributed by atoms with E-state index in [-0.39, 0.29) is 12.5 Å². The van der Waals surface area contributed by atoms with Crippen LogP contribution in [0.4, 0.5) is 0 Å². The molecule has 0 aromatic carbocycles. The van der Waals surface area contributed by atoms with Crippen LogP contribution in [0.15, 0.2) is 35.3 Å². The van der Waals surface area contributed by atoms with Gasteiger partial charge >= 0.3 is 5.97 Å². The molecule has 2 aromatic rings. The lowest BCUT2D eigenvalue weighted by molar-refractivity contribution is -0.137. The third-order valence-electron chi connectivity index (χ3n) is 4.77. The van der Waals surface area contributed by atoms with Crippen LogP contribution in [0.3, 0.4) is 0 Å². The molecule has 0 aliphatic heterocycles. The molecule has 3 rings (SSSR count). The van der Waals surface area contributed by atoms with Crippen LogP contribution in [0.25, 0.3) is 11.0 Å². The lowest BCUT2D eigenvalue weighted by Crippen LogP contribution is -2.11. The number of carboxylic acids is 1. The number of nitrogens with zero attached hydrogens (tertiary/aromatic N) is 2. The van der Waals surface area contributed by atoms with Crippen molar-refractivity contribution < 1.29 is 18.3 Å². The topological polar surface area (TPSA) is 89.3 Å². The predicted molar refractivity (Wildman–Crippen MR) is 101 cm³/mol. The number of hydrogen-bond acceptors (Lipinski definition) is 4. The second-order valence-electron chi connectivity index (χ2n) is 6.80. The molecule has 0 radical (unpaired) electrons. The van der Waals surface area contributed by atoms with Crippen molar-refractivity contribution in [1.82, 2.24) is 9.55 Å². The number of hydrogen-bond donors (Lipinski definition) is 1. The minimum Gasteiger partial charge on any atom is -0.480 e. The number of carboxylic acid groups (broad SMARTS) is 1. The Morgan fingerprint density at radius 3 is 2.65 bits per heavy atom. The Kier molecular flexibility index (Phi) is 4.75. The van der Waals surface area contributed by atoms with E-state index in [1.165, 1.54) is 6.26 Å². The summed E-state index contributed by atoms with van der Waals surface area (Å²) in [5, 5.41) is 9.22. The van der Waals surface area contributed by atoms with Gasteiger partial charge in [0.05, 0.1) is 15.9 Å². The first-order chi connectivity index (χ1) is 12.2. The third kappa shape index (κ3) is 3.58. The van der Waals surface area contributed by atoms with Gasteiger partial charge < -0.3 is 9.67 Å². The second kappa shape index (κ2) is 6.72. The van der Waals surface area contributed by atoms with Gasteiger partial charge in [0.25, 0.3) is 0 Å². The number of carbonyl (C=O) groups is 1. The lowest BCUT2D eigenvalue weighted by Gasteiger charge is -2.16. The van der Waals surface area contributed by atoms with Crippen LogP contribution < -0.4 is 0 Å². The molecule has 6 nitrogen and oxygen atoms in total. The van der Waals surface area contributed by atoms with E-state index >= 15 is 0 Å². The Morgan fingerprint density at radius 1 is 1.35 bits per heavy atom. The Bertz CT molecular complexity index is 1050. The van der Waals surface area contributed by atoms with Gasteiger partial charge in [-0.1, -0.05) is 12.2 Å². The highest BCUT2D eigenvalue weighted by Crippen LogP contribution is 2.30. The predicted octanol–water partition coefficient (Wildman–Crippen LogP) is 2.78. The van der Waals surface area contributed by atoms with E-state index in [4.69, 9.17) is 0 Å². The minimum atomic E-state index is -3.19. The summed E-state index contributed by atoms with van der Waals surface area (Å²) in [6, 6.07) is 3.79. The molecular formula is C19H22N2O4S. The maximum Gasteiger partial charge on any atom is 0.323 e. The van der Waals surface area contributed by atoms with Crippen LogP contribution in [-0.2, 0) is 27.6 Å². The van der Waals surface area contributed by atoms with Gasteiger partial charge in [-0.2, -0.15) is 0 Å². The summed E-state index contributed by atoms with van der Waals surface area (Å²) in [7, 11) is -3.19. The smallest absolute Gasteiger partial charge is 0.323 e. The van der Waals surface area contributed by atoms with E-state index in [0.717, 1.165) is 28.0 Å². The molecule has 0 amide bonds. The minimum absolute atomic E-state index is 0.105. The second-order valence-corrected chi connectivity index (χ2v) is 8.82. The zero-order valence-corrected chi connectivity index (χ0v) is 15.9. The first-order valence-corrected chi connectivity index (χ1v) is 10.3. The number of aromatic nitrogens is 2. The molecule has 26 heavy (non-hydrogen) atoms. The molecule has 0 saturated carbocycles.